The van der Waals surface area contributed by atoms with Gasteiger partial charge >= 0.3 is 0 Å². The van der Waals surface area contributed by atoms with Gasteiger partial charge in [0.25, 0.3) is 5.91 Å². The maximum atomic E-state index is 13.4. The smallest absolute Gasteiger partial charge is 0.265 e. The Labute approximate surface area is 200 Å². The number of para-hydroxylation sites is 1. The Morgan fingerprint density at radius 2 is 1.88 bits per heavy atom. The third-order valence-electron chi connectivity index (χ3n) is 6.57. The van der Waals surface area contributed by atoms with Crippen molar-refractivity contribution < 1.29 is 22.7 Å². The number of fused-ring (bicyclic) bond motifs is 1. The molecular formula is C25H31N3O5S. The van der Waals surface area contributed by atoms with Gasteiger partial charge in [-0.15, -0.1) is 0 Å². The zero-order valence-electron chi connectivity index (χ0n) is 19.8. The molecule has 0 aliphatic carbocycles. The van der Waals surface area contributed by atoms with E-state index in [1.807, 2.05) is 38.1 Å². The van der Waals surface area contributed by atoms with Gasteiger partial charge in [-0.1, -0.05) is 32.0 Å². The van der Waals surface area contributed by atoms with Gasteiger partial charge in [0.2, 0.25) is 15.9 Å². The number of sulfonamides is 1. The molecular weight excluding hydrogens is 454 g/mol. The van der Waals surface area contributed by atoms with E-state index in [1.165, 1.54) is 10.4 Å². The molecule has 8 nitrogen and oxygen atoms in total. The van der Waals surface area contributed by atoms with Crippen LogP contribution in [0.25, 0.3) is 0 Å². The van der Waals surface area contributed by atoms with E-state index in [2.05, 4.69) is 10.6 Å². The minimum Gasteiger partial charge on any atom is -0.478 e. The van der Waals surface area contributed by atoms with Gasteiger partial charge in [-0.3, -0.25) is 9.59 Å². The van der Waals surface area contributed by atoms with Crippen LogP contribution in [0.4, 0.5) is 11.4 Å². The lowest BCUT2D eigenvalue weighted by molar-refractivity contribution is -0.123. The Morgan fingerprint density at radius 3 is 2.56 bits per heavy atom. The van der Waals surface area contributed by atoms with Crippen LogP contribution >= 0.6 is 0 Å². The minimum absolute atomic E-state index is 0.0716. The number of nitrogens with zero attached hydrogens (tertiary/aromatic N) is 1. The summed E-state index contributed by atoms with van der Waals surface area (Å²) in [5.41, 5.74) is 2.90. The minimum atomic E-state index is -3.77. The number of piperidine rings is 1. The number of hydrogen-bond acceptors (Lipinski definition) is 5. The fourth-order valence-electron chi connectivity index (χ4n) is 4.51. The second kappa shape index (κ2) is 9.76. The van der Waals surface area contributed by atoms with Crippen LogP contribution in [0, 0.1) is 12.8 Å². The van der Waals surface area contributed by atoms with E-state index in [0.717, 1.165) is 17.7 Å². The Morgan fingerprint density at radius 1 is 1.18 bits per heavy atom. The third-order valence-corrected chi connectivity index (χ3v) is 8.61. The van der Waals surface area contributed by atoms with Crippen molar-refractivity contribution in [3.8, 4) is 5.75 Å². The first kappa shape index (κ1) is 24.2. The van der Waals surface area contributed by atoms with Gasteiger partial charge in [-0.05, 0) is 55.9 Å². The summed E-state index contributed by atoms with van der Waals surface area (Å²) in [4.78, 5) is 25.1. The predicted molar refractivity (Wildman–Crippen MR) is 130 cm³/mol. The highest BCUT2D eigenvalue weighted by molar-refractivity contribution is 7.89. The SMILES string of the molecule is CCc1ccccc1NC(=O)C1CCN(S(=O)(=O)c2cc3c(cc2C)NC(=O)[C@H](CC)O3)CC1. The summed E-state index contributed by atoms with van der Waals surface area (Å²) < 4.78 is 34.1. The summed E-state index contributed by atoms with van der Waals surface area (Å²) in [6, 6.07) is 10.9. The number of rotatable bonds is 6. The van der Waals surface area contributed by atoms with Crippen molar-refractivity contribution >= 4 is 33.2 Å². The molecule has 1 fully saturated rings. The molecule has 0 saturated carbocycles. The fraction of sp³-hybridized carbons (Fsp3) is 0.440. The lowest BCUT2D eigenvalue weighted by Gasteiger charge is -2.32. The topological polar surface area (TPSA) is 105 Å². The first-order valence-corrected chi connectivity index (χ1v) is 13.2. The highest BCUT2D eigenvalue weighted by atomic mass is 32.2. The third kappa shape index (κ3) is 4.67. The predicted octanol–water partition coefficient (Wildman–Crippen LogP) is 3.71. The molecule has 2 aromatic rings. The second-order valence-electron chi connectivity index (χ2n) is 8.80. The molecule has 0 spiro atoms. The Kier molecular flexibility index (Phi) is 6.95. The standard InChI is InChI=1S/C25H31N3O5S/c1-4-17-8-6-7-9-19(17)26-24(29)18-10-12-28(13-11-18)34(31,32)23-15-22-20(14-16(23)3)27-25(30)21(5-2)33-22/h6-9,14-15,18,21H,4-5,10-13H2,1-3H3,(H,26,29)(H,27,30)/t21-/m0/s1. The van der Waals surface area contributed by atoms with Crippen LogP contribution in [0.5, 0.6) is 5.75 Å². The number of hydrogen-bond donors (Lipinski definition) is 2. The second-order valence-corrected chi connectivity index (χ2v) is 10.7. The lowest BCUT2D eigenvalue weighted by atomic mass is 9.97. The van der Waals surface area contributed by atoms with Crippen LogP contribution in [0.3, 0.4) is 0 Å². The van der Waals surface area contributed by atoms with Gasteiger partial charge in [0.15, 0.2) is 6.10 Å². The number of nitrogens with one attached hydrogen (secondary N) is 2. The molecule has 9 heteroatoms. The van der Waals surface area contributed by atoms with Crippen molar-refractivity contribution in [2.24, 2.45) is 5.92 Å². The molecule has 2 N–H and O–H groups in total. The molecule has 0 bridgehead atoms. The van der Waals surface area contributed by atoms with Crippen molar-refractivity contribution in [3.05, 3.63) is 47.5 Å². The van der Waals surface area contributed by atoms with Crippen molar-refractivity contribution in [2.45, 2.75) is 57.5 Å². The zero-order chi connectivity index (χ0) is 24.5. The van der Waals surface area contributed by atoms with Gasteiger partial charge < -0.3 is 15.4 Å². The average Bonchev–Trinajstić information content (AvgIpc) is 2.83. The lowest BCUT2D eigenvalue weighted by Crippen LogP contribution is -2.41. The molecule has 0 aromatic heterocycles. The van der Waals surface area contributed by atoms with Crippen LogP contribution in [-0.4, -0.2) is 43.7 Å². The number of anilines is 2. The first-order valence-electron chi connectivity index (χ1n) is 11.8. The number of carbonyl (C=O) groups is 2. The molecule has 2 aliphatic rings. The zero-order valence-corrected chi connectivity index (χ0v) is 20.6. The number of benzene rings is 2. The largest absolute Gasteiger partial charge is 0.478 e. The van der Waals surface area contributed by atoms with Crippen molar-refractivity contribution in [1.82, 2.24) is 4.31 Å². The molecule has 2 heterocycles. The molecule has 34 heavy (non-hydrogen) atoms. The van der Waals surface area contributed by atoms with Crippen LogP contribution in [-0.2, 0) is 26.0 Å². The Bertz CT molecular complexity index is 1200. The molecule has 2 amide bonds. The van der Waals surface area contributed by atoms with E-state index in [0.29, 0.717) is 36.3 Å². The summed E-state index contributed by atoms with van der Waals surface area (Å²) in [6.07, 6.45) is 1.57. The fourth-order valence-corrected chi connectivity index (χ4v) is 6.21. The monoisotopic (exact) mass is 485 g/mol. The summed E-state index contributed by atoms with van der Waals surface area (Å²) in [7, 11) is -3.77. The van der Waals surface area contributed by atoms with Crippen LogP contribution in [0.15, 0.2) is 41.3 Å². The van der Waals surface area contributed by atoms with Gasteiger partial charge in [-0.25, -0.2) is 8.42 Å². The highest BCUT2D eigenvalue weighted by Gasteiger charge is 2.35. The average molecular weight is 486 g/mol. The van der Waals surface area contributed by atoms with E-state index in [4.69, 9.17) is 4.74 Å². The number of ether oxygens (including phenoxy) is 1. The maximum absolute atomic E-state index is 13.4. The Balaban J connectivity index is 1.46. The first-order chi connectivity index (χ1) is 16.2. The molecule has 0 unspecified atom stereocenters. The summed E-state index contributed by atoms with van der Waals surface area (Å²) in [6.45, 7) is 6.11. The quantitative estimate of drug-likeness (QED) is 0.649. The molecule has 0 radical (unpaired) electrons. The highest BCUT2D eigenvalue weighted by Crippen LogP contribution is 2.36. The summed E-state index contributed by atoms with van der Waals surface area (Å²) in [5, 5.41) is 5.80. The summed E-state index contributed by atoms with van der Waals surface area (Å²) >= 11 is 0. The summed E-state index contributed by atoms with van der Waals surface area (Å²) in [5.74, 6) is -0.186. The van der Waals surface area contributed by atoms with Gasteiger partial charge in [0.1, 0.15) is 5.75 Å². The normalized spacial score (nSPS) is 19.1. The van der Waals surface area contributed by atoms with Crippen LogP contribution < -0.4 is 15.4 Å². The van der Waals surface area contributed by atoms with E-state index >= 15 is 0 Å². The number of carbonyl (C=O) groups excluding carboxylic acids is 2. The molecule has 182 valence electrons. The maximum Gasteiger partial charge on any atom is 0.265 e. The number of aryl methyl sites for hydroxylation is 2. The number of amides is 2. The van der Waals surface area contributed by atoms with Crippen molar-refractivity contribution in [2.75, 3.05) is 23.7 Å². The molecule has 1 atom stereocenters. The molecule has 1 saturated heterocycles. The Hall–Kier alpha value is -2.91. The van der Waals surface area contributed by atoms with Gasteiger partial charge in [-0.2, -0.15) is 4.31 Å². The van der Waals surface area contributed by atoms with E-state index in [1.54, 1.807) is 13.0 Å². The van der Waals surface area contributed by atoms with Crippen molar-refractivity contribution in [1.29, 1.82) is 0 Å². The van der Waals surface area contributed by atoms with E-state index < -0.39 is 16.1 Å². The van der Waals surface area contributed by atoms with E-state index in [-0.39, 0.29) is 35.7 Å². The molecule has 4 rings (SSSR count). The van der Waals surface area contributed by atoms with Gasteiger partial charge in [0, 0.05) is 30.8 Å². The molecule has 2 aliphatic heterocycles. The molecule has 2 aromatic carbocycles. The van der Waals surface area contributed by atoms with Crippen LogP contribution in [0.2, 0.25) is 0 Å². The van der Waals surface area contributed by atoms with Crippen LogP contribution in [0.1, 0.15) is 44.2 Å². The van der Waals surface area contributed by atoms with Crippen molar-refractivity contribution in [3.63, 3.8) is 0 Å². The van der Waals surface area contributed by atoms with E-state index in [9.17, 15) is 18.0 Å². The van der Waals surface area contributed by atoms with Gasteiger partial charge in [0.05, 0.1) is 10.6 Å².